The maximum absolute atomic E-state index is 13.8. The van der Waals surface area contributed by atoms with E-state index in [1.807, 2.05) is 132 Å². The molecule has 0 spiro atoms. The van der Waals surface area contributed by atoms with Crippen molar-refractivity contribution in [2.75, 3.05) is 42.7 Å². The van der Waals surface area contributed by atoms with Crippen LogP contribution in [0.1, 0.15) is 333 Å². The van der Waals surface area contributed by atoms with E-state index in [1.165, 1.54) is 23.8 Å². The van der Waals surface area contributed by atoms with E-state index in [0.717, 1.165) is 160 Å². The lowest BCUT2D eigenvalue weighted by molar-refractivity contribution is 0.0687. The maximum Gasteiger partial charge on any atom is 0.174 e. The van der Waals surface area contributed by atoms with Crippen molar-refractivity contribution in [3.8, 4) is 51.7 Å². The number of methoxy groups -OCH3 is 6. The lowest BCUT2D eigenvalue weighted by atomic mass is 9.87. The van der Waals surface area contributed by atoms with Crippen LogP contribution in [0.5, 0.6) is 51.7 Å². The van der Waals surface area contributed by atoms with Gasteiger partial charge >= 0.3 is 0 Å². The summed E-state index contributed by atoms with van der Waals surface area (Å²) in [5, 5.41) is 38.3. The number of azide groups is 2. The minimum Gasteiger partial charge on any atom is -0.496 e. The number of allylic oxidation sites excluding steroid dienone is 6. The number of ether oxygens (including phenoxy) is 9. The SMILES string of the molecule is COc1c(C)ccc([C@@H]2CC(=O)c3c(cc(C)c(CCC(C)(C)N)c3OC)O2)c1C/C=C(\C)CCCC(C)(C)N.COc1c(C)ccc([C@@H]2CC(=O)c3c(cc(C)c(CCC(C)(C)N=[N+]=[N-])c3OC)O2)c1C/C=C(\C)CCCC(C)(C)N=[N+]=[N-].COc1c(C)ccc([C@@H]2CC(=O)c3c(cc(CO)c(CCC(C)(C)O)c3OC)O2)c1C/C=C(\C)CCCC(C)(C)O. The van der Waals surface area contributed by atoms with Crippen LogP contribution in [-0.4, -0.2) is 109 Å². The number of benzene rings is 6. The summed E-state index contributed by atoms with van der Waals surface area (Å²) in [6, 6.07) is 17.8. The zero-order chi connectivity index (χ0) is 93.0. The smallest absolute Gasteiger partial charge is 0.174 e. The van der Waals surface area contributed by atoms with Crippen molar-refractivity contribution in [2.24, 2.45) is 21.7 Å². The fourth-order valence-electron chi connectivity index (χ4n) is 16.9. The minimum absolute atomic E-state index is 0.0259. The van der Waals surface area contributed by atoms with E-state index in [-0.39, 0.29) is 54.3 Å². The normalized spacial score (nSPS) is 15.7. The highest BCUT2D eigenvalue weighted by Gasteiger charge is 2.39. The number of hydrogen-bond acceptors (Lipinski definition) is 19. The van der Waals surface area contributed by atoms with Gasteiger partial charge in [-0.1, -0.05) is 109 Å². The molecule has 6 aromatic carbocycles. The Morgan fingerprint density at radius 3 is 1.05 bits per heavy atom. The quantitative estimate of drug-likeness (QED) is 0.0104. The van der Waals surface area contributed by atoms with E-state index in [0.29, 0.717) is 107 Å². The largest absolute Gasteiger partial charge is 0.496 e. The van der Waals surface area contributed by atoms with E-state index in [9.17, 15) is 29.7 Å². The molecule has 0 aliphatic carbocycles. The third kappa shape index (κ3) is 28.3. The van der Waals surface area contributed by atoms with Crippen LogP contribution >= 0.6 is 0 Å². The highest BCUT2D eigenvalue weighted by atomic mass is 16.5. The number of rotatable bonds is 39. The molecule has 3 aliphatic rings. The highest BCUT2D eigenvalue weighted by Crippen LogP contribution is 2.50. The Kier molecular flexibility index (Phi) is 36.4. The molecule has 0 saturated heterocycles. The lowest BCUT2D eigenvalue weighted by Crippen LogP contribution is -2.32. The van der Waals surface area contributed by atoms with Gasteiger partial charge < -0.3 is 69.4 Å². The van der Waals surface area contributed by atoms with Gasteiger partial charge in [-0.05, 0) is 317 Å². The summed E-state index contributed by atoms with van der Waals surface area (Å²) < 4.78 is 54.6. The lowest BCUT2D eigenvalue weighted by Gasteiger charge is -2.30. The second kappa shape index (κ2) is 44.5. The Morgan fingerprint density at radius 1 is 0.424 bits per heavy atom. The third-order valence-electron chi connectivity index (χ3n) is 24.0. The molecule has 3 aliphatic heterocycles. The van der Waals surface area contributed by atoms with Crippen LogP contribution in [0.25, 0.3) is 20.9 Å². The van der Waals surface area contributed by atoms with Gasteiger partial charge in [0.2, 0.25) is 0 Å². The van der Waals surface area contributed by atoms with Crippen molar-refractivity contribution in [3.05, 3.63) is 211 Å². The molecule has 0 aromatic heterocycles. The fraction of sp³-hybridized carbons (Fsp3) is 0.559. The molecular weight excluding hydrogens is 1580 g/mol. The van der Waals surface area contributed by atoms with E-state index in [4.69, 9.17) is 65.2 Å². The summed E-state index contributed by atoms with van der Waals surface area (Å²) in [6.07, 6.45) is 19.5. The number of aryl methyl sites for hydroxylation is 5. The second-order valence-corrected chi connectivity index (χ2v) is 38.3. The van der Waals surface area contributed by atoms with Crippen molar-refractivity contribution >= 4 is 17.3 Å². The van der Waals surface area contributed by atoms with Gasteiger partial charge in [-0.3, -0.25) is 14.4 Å². The van der Waals surface area contributed by atoms with Gasteiger partial charge in [0, 0.05) is 54.2 Å². The number of aliphatic hydroxyl groups is 3. The van der Waals surface area contributed by atoms with Crippen molar-refractivity contribution in [3.63, 3.8) is 0 Å². The summed E-state index contributed by atoms with van der Waals surface area (Å²) >= 11 is 0. The van der Waals surface area contributed by atoms with Gasteiger partial charge in [0.15, 0.2) is 17.3 Å². The number of Topliss-reactive ketones (excluding diaryl/α,β-unsaturated/α-hetero) is 3. The number of ketones is 3. The first kappa shape index (κ1) is 102. The van der Waals surface area contributed by atoms with E-state index in [2.05, 4.69) is 79.0 Å². The Hall–Kier alpha value is -9.83. The first-order valence-corrected chi connectivity index (χ1v) is 44.1. The molecule has 6 aromatic rings. The molecule has 0 fully saturated rings. The predicted octanol–water partition coefficient (Wildman–Crippen LogP) is 23.2. The summed E-state index contributed by atoms with van der Waals surface area (Å²) in [7, 11) is 9.75. The zero-order valence-corrected chi connectivity index (χ0v) is 79.8. The predicted molar refractivity (Wildman–Crippen MR) is 499 cm³/mol. The van der Waals surface area contributed by atoms with Gasteiger partial charge in [-0.25, -0.2) is 0 Å². The van der Waals surface area contributed by atoms with Gasteiger partial charge in [0.25, 0.3) is 0 Å². The van der Waals surface area contributed by atoms with Crippen LogP contribution in [0.2, 0.25) is 0 Å². The molecule has 0 bridgehead atoms. The Bertz CT molecular complexity index is 5010. The number of nitrogens with two attached hydrogens (primary N) is 2. The number of aliphatic hydroxyl groups excluding tert-OH is 1. The summed E-state index contributed by atoms with van der Waals surface area (Å²) in [6.45, 7) is 39.2. The molecule has 3 atom stereocenters. The van der Waals surface area contributed by atoms with Crippen molar-refractivity contribution < 1.29 is 72.3 Å². The van der Waals surface area contributed by atoms with Gasteiger partial charge in [0.1, 0.15) is 86.7 Å². The molecule has 7 N–H and O–H groups in total. The van der Waals surface area contributed by atoms with Gasteiger partial charge in [-0.15, -0.1) is 0 Å². The average molecular weight is 1720 g/mol. The van der Waals surface area contributed by atoms with Crippen LogP contribution < -0.4 is 54.1 Å². The number of fused-ring (bicyclic) bond motifs is 3. The maximum atomic E-state index is 13.8. The zero-order valence-electron chi connectivity index (χ0n) is 79.8. The van der Waals surface area contributed by atoms with E-state index in [1.54, 1.807) is 55.5 Å². The van der Waals surface area contributed by atoms with Crippen molar-refractivity contribution in [2.45, 2.75) is 332 Å². The van der Waals surface area contributed by atoms with Gasteiger partial charge in [-0.2, -0.15) is 0 Å². The molecule has 0 saturated carbocycles. The third-order valence-corrected chi connectivity index (χ3v) is 24.0. The number of carbonyl (C=O) groups excluding carboxylic acids is 3. The van der Waals surface area contributed by atoms with Crippen LogP contribution in [0.15, 0.2) is 99.8 Å². The van der Waals surface area contributed by atoms with Crippen molar-refractivity contribution in [1.82, 2.24) is 0 Å². The summed E-state index contributed by atoms with van der Waals surface area (Å²) in [5.74, 6) is 5.35. The average Bonchev–Trinajstić information content (AvgIpc) is 0.763. The standard InChI is InChI=1S/C34H46N6O4.C34H50N2O4.C34H48O7/c1-21(11-10-17-33(4,5)37-39-35)12-14-26-25(15-13-22(2)31(26)42-8)28-20-27(41)30-29(44-28)19-23(3)24(32(30)43-9)16-18-34(6,7)38-40-36;1-21(11-10-17-33(4,5)35)12-14-26-25(15-13-22(2)31(26)38-8)28-20-27(37)30-29(40-28)19-23(3)24(32(30)39-9)16-18-34(6,7)36;1-21(10-9-16-33(3,4)37)11-13-26-25(14-12-22(2)31(26)39-7)28-19-27(36)30-29(41-28)18-23(20-35)24(32(30)40-8)15-17-34(5,6)38/h12-13,15,19,28H,10-11,14,16-18,20H2,1-9H3;12-13,15,19,28H,10-11,14,16-18,20,35-36H2,1-9H3;11-12,14,18,28,35,37-38H,9-10,13,15-17,19-20H2,1-8H3/b2*21-12+;21-11+/t3*28-/m000/s1. The molecule has 23 heteroatoms. The molecule has 3 heterocycles. The van der Waals surface area contributed by atoms with E-state index >= 15 is 0 Å². The van der Waals surface area contributed by atoms with Crippen molar-refractivity contribution in [1.29, 1.82) is 0 Å². The number of carbonyl (C=O) groups is 3. The van der Waals surface area contributed by atoms with Crippen LogP contribution in [-0.2, 0) is 45.1 Å². The van der Waals surface area contributed by atoms with Crippen LogP contribution in [0, 0.1) is 34.6 Å². The number of hydrogen-bond donors (Lipinski definition) is 5. The highest BCUT2D eigenvalue weighted by molar-refractivity contribution is 6.05. The number of nitrogens with zero attached hydrogens (tertiary/aromatic N) is 6. The topological polar surface area (TPSA) is 345 Å². The minimum atomic E-state index is -0.900. The summed E-state index contributed by atoms with van der Waals surface area (Å²) in [5.41, 5.74) is 46.5. The molecule has 0 unspecified atom stereocenters. The molecule has 682 valence electrons. The molecule has 125 heavy (non-hydrogen) atoms. The Morgan fingerprint density at radius 2 is 0.728 bits per heavy atom. The fourth-order valence-corrected chi connectivity index (χ4v) is 16.9. The molecule has 0 radical (unpaired) electrons. The molecule has 0 amide bonds. The van der Waals surface area contributed by atoms with Crippen LogP contribution in [0.4, 0.5) is 0 Å². The first-order valence-electron chi connectivity index (χ1n) is 44.1. The molecular formula is C102H144N8O15. The van der Waals surface area contributed by atoms with Crippen LogP contribution in [0.3, 0.4) is 0 Å². The summed E-state index contributed by atoms with van der Waals surface area (Å²) in [4.78, 5) is 47.0. The Balaban J connectivity index is 0.000000258. The molecule has 9 rings (SSSR count). The second-order valence-electron chi connectivity index (χ2n) is 38.3. The van der Waals surface area contributed by atoms with Gasteiger partial charge in [0.05, 0.1) is 79.7 Å². The Labute approximate surface area is 744 Å². The monoisotopic (exact) mass is 1720 g/mol. The first-order chi connectivity index (χ1) is 58.6. The van der Waals surface area contributed by atoms with E-state index < -0.39 is 40.6 Å². The molecule has 23 nitrogen and oxygen atoms in total.